The van der Waals surface area contributed by atoms with Gasteiger partial charge in [-0.15, -0.1) is 0 Å². The number of furan rings is 1. The highest BCUT2D eigenvalue weighted by molar-refractivity contribution is 6.33. The van der Waals surface area contributed by atoms with E-state index in [-0.39, 0.29) is 12.3 Å². The van der Waals surface area contributed by atoms with E-state index in [1.54, 1.807) is 19.1 Å². The lowest BCUT2D eigenvalue weighted by molar-refractivity contribution is -0.384. The SMILES string of the molecule is CCOC(=O)C=Cc1ccc(-c2cc([N+](=O)[O-])ccc2Cl)o1. The number of rotatable bonds is 5. The Morgan fingerprint density at radius 1 is 1.41 bits per heavy atom. The van der Waals surface area contributed by atoms with Crippen LogP contribution in [0.25, 0.3) is 17.4 Å². The van der Waals surface area contributed by atoms with Crippen molar-refractivity contribution < 1.29 is 18.9 Å². The van der Waals surface area contributed by atoms with E-state index in [2.05, 4.69) is 0 Å². The molecule has 0 radical (unpaired) electrons. The second kappa shape index (κ2) is 6.91. The molecular formula is C15H12ClNO5. The fourth-order valence-corrected chi connectivity index (χ4v) is 1.95. The van der Waals surface area contributed by atoms with Crippen LogP contribution in [0.15, 0.2) is 40.8 Å². The van der Waals surface area contributed by atoms with E-state index in [4.69, 9.17) is 20.8 Å². The maximum atomic E-state index is 11.2. The molecule has 22 heavy (non-hydrogen) atoms. The van der Waals surface area contributed by atoms with Gasteiger partial charge in [0, 0.05) is 23.8 Å². The molecule has 0 spiro atoms. The number of nitro benzene ring substituents is 1. The Labute approximate surface area is 131 Å². The van der Waals surface area contributed by atoms with Crippen LogP contribution in [-0.2, 0) is 9.53 Å². The van der Waals surface area contributed by atoms with Gasteiger partial charge < -0.3 is 9.15 Å². The molecule has 1 heterocycles. The summed E-state index contributed by atoms with van der Waals surface area (Å²) in [5.41, 5.74) is 0.325. The second-order valence-corrected chi connectivity index (χ2v) is 4.62. The number of esters is 1. The number of hydrogen-bond acceptors (Lipinski definition) is 5. The lowest BCUT2D eigenvalue weighted by atomic mass is 10.1. The maximum absolute atomic E-state index is 11.2. The first-order valence-electron chi connectivity index (χ1n) is 6.40. The fraction of sp³-hybridized carbons (Fsp3) is 0.133. The smallest absolute Gasteiger partial charge is 0.330 e. The average Bonchev–Trinajstić information content (AvgIpc) is 2.94. The van der Waals surface area contributed by atoms with E-state index in [1.165, 1.54) is 30.4 Å². The lowest BCUT2D eigenvalue weighted by Crippen LogP contribution is -1.98. The predicted molar refractivity (Wildman–Crippen MR) is 81.5 cm³/mol. The molecule has 0 saturated carbocycles. The summed E-state index contributed by atoms with van der Waals surface area (Å²) < 4.78 is 10.3. The number of nitrogens with zero attached hydrogens (tertiary/aromatic N) is 1. The van der Waals surface area contributed by atoms with Gasteiger partial charge in [0.05, 0.1) is 16.6 Å². The molecule has 0 aliphatic rings. The normalized spacial score (nSPS) is 10.8. The van der Waals surface area contributed by atoms with Crippen molar-refractivity contribution in [3.63, 3.8) is 0 Å². The highest BCUT2D eigenvalue weighted by Crippen LogP contribution is 2.32. The van der Waals surface area contributed by atoms with Crippen molar-refractivity contribution in [2.45, 2.75) is 6.92 Å². The van der Waals surface area contributed by atoms with Crippen LogP contribution in [0.1, 0.15) is 12.7 Å². The molecule has 6 nitrogen and oxygen atoms in total. The number of ether oxygens (including phenoxy) is 1. The van der Waals surface area contributed by atoms with Gasteiger partial charge in [-0.25, -0.2) is 4.79 Å². The molecule has 0 N–H and O–H groups in total. The molecular weight excluding hydrogens is 310 g/mol. The first kappa shape index (κ1) is 15.8. The van der Waals surface area contributed by atoms with Crippen LogP contribution in [-0.4, -0.2) is 17.5 Å². The minimum Gasteiger partial charge on any atom is -0.463 e. The Morgan fingerprint density at radius 3 is 2.86 bits per heavy atom. The summed E-state index contributed by atoms with van der Waals surface area (Å²) in [7, 11) is 0. The molecule has 0 bridgehead atoms. The van der Waals surface area contributed by atoms with Crippen LogP contribution in [0.4, 0.5) is 5.69 Å². The van der Waals surface area contributed by atoms with Crippen LogP contribution in [0.5, 0.6) is 0 Å². The van der Waals surface area contributed by atoms with E-state index in [9.17, 15) is 14.9 Å². The van der Waals surface area contributed by atoms with E-state index < -0.39 is 10.9 Å². The number of hydrogen-bond donors (Lipinski definition) is 0. The molecule has 0 saturated heterocycles. The third kappa shape index (κ3) is 3.73. The van der Waals surface area contributed by atoms with Crippen LogP contribution < -0.4 is 0 Å². The molecule has 0 amide bonds. The molecule has 7 heteroatoms. The minimum atomic E-state index is -0.510. The fourth-order valence-electron chi connectivity index (χ4n) is 1.74. The van der Waals surface area contributed by atoms with Crippen LogP contribution >= 0.6 is 11.6 Å². The molecule has 1 aromatic heterocycles. The lowest BCUT2D eigenvalue weighted by Gasteiger charge is -2.00. The van der Waals surface area contributed by atoms with Crippen LogP contribution in [0, 0.1) is 10.1 Å². The summed E-state index contributed by atoms with van der Waals surface area (Å²) >= 11 is 6.04. The Bertz CT molecular complexity index is 735. The van der Waals surface area contributed by atoms with Gasteiger partial charge in [-0.1, -0.05) is 11.6 Å². The highest BCUT2D eigenvalue weighted by Gasteiger charge is 2.14. The van der Waals surface area contributed by atoms with E-state index >= 15 is 0 Å². The topological polar surface area (TPSA) is 82.6 Å². The molecule has 0 fully saturated rings. The molecule has 0 atom stereocenters. The van der Waals surface area contributed by atoms with Gasteiger partial charge in [0.15, 0.2) is 0 Å². The standard InChI is InChI=1S/C15H12ClNO5/c1-2-21-15(18)8-5-11-4-7-14(22-11)12-9-10(17(19)20)3-6-13(12)16/h3-9H,2H2,1H3. The van der Waals surface area contributed by atoms with Gasteiger partial charge in [-0.05, 0) is 31.2 Å². The number of carbonyl (C=O) groups is 1. The van der Waals surface area contributed by atoms with Crippen molar-refractivity contribution >= 4 is 29.3 Å². The third-order valence-electron chi connectivity index (χ3n) is 2.72. The number of halogens is 1. The monoisotopic (exact) mass is 321 g/mol. The largest absolute Gasteiger partial charge is 0.463 e. The van der Waals surface area contributed by atoms with Gasteiger partial charge in [0.2, 0.25) is 0 Å². The first-order valence-corrected chi connectivity index (χ1v) is 6.78. The number of nitro groups is 1. The van der Waals surface area contributed by atoms with Gasteiger partial charge in [0.25, 0.3) is 5.69 Å². The zero-order chi connectivity index (χ0) is 16.1. The third-order valence-corrected chi connectivity index (χ3v) is 3.05. The summed E-state index contributed by atoms with van der Waals surface area (Å²) in [6.07, 6.45) is 2.69. The molecule has 0 unspecified atom stereocenters. The van der Waals surface area contributed by atoms with Crippen LogP contribution in [0.3, 0.4) is 0 Å². The summed E-state index contributed by atoms with van der Waals surface area (Å²) in [6, 6.07) is 7.33. The van der Waals surface area contributed by atoms with Crippen molar-refractivity contribution in [1.82, 2.24) is 0 Å². The predicted octanol–water partition coefficient (Wildman–Crippen LogP) is 4.08. The maximum Gasteiger partial charge on any atom is 0.330 e. The van der Waals surface area contributed by atoms with E-state index in [0.717, 1.165) is 0 Å². The molecule has 2 aromatic rings. The van der Waals surface area contributed by atoms with E-state index in [0.29, 0.717) is 22.1 Å². The highest BCUT2D eigenvalue weighted by atomic mass is 35.5. The Balaban J connectivity index is 2.26. The van der Waals surface area contributed by atoms with Crippen molar-refractivity contribution in [2.75, 3.05) is 6.61 Å². The summed E-state index contributed by atoms with van der Waals surface area (Å²) in [6.45, 7) is 2.00. The van der Waals surface area contributed by atoms with Crippen molar-refractivity contribution in [2.24, 2.45) is 0 Å². The molecule has 1 aromatic carbocycles. The summed E-state index contributed by atoms with van der Waals surface area (Å²) in [4.78, 5) is 21.5. The zero-order valence-electron chi connectivity index (χ0n) is 11.6. The Kier molecular flexibility index (Phi) is 4.95. The number of carbonyl (C=O) groups excluding carboxylic acids is 1. The quantitative estimate of drug-likeness (QED) is 0.358. The van der Waals surface area contributed by atoms with Gasteiger partial charge in [-0.2, -0.15) is 0 Å². The zero-order valence-corrected chi connectivity index (χ0v) is 12.4. The van der Waals surface area contributed by atoms with Crippen LogP contribution in [0.2, 0.25) is 5.02 Å². The Morgan fingerprint density at radius 2 is 2.18 bits per heavy atom. The average molecular weight is 322 g/mol. The molecule has 2 rings (SSSR count). The number of benzene rings is 1. The molecule has 114 valence electrons. The summed E-state index contributed by atoms with van der Waals surface area (Å²) in [5, 5.41) is 11.1. The van der Waals surface area contributed by atoms with Gasteiger partial charge >= 0.3 is 5.97 Å². The molecule has 0 aliphatic carbocycles. The number of non-ortho nitro benzene ring substituents is 1. The van der Waals surface area contributed by atoms with E-state index in [1.807, 2.05) is 0 Å². The minimum absolute atomic E-state index is 0.0839. The second-order valence-electron chi connectivity index (χ2n) is 4.21. The molecule has 0 aliphatic heterocycles. The summed E-state index contributed by atoms with van der Waals surface area (Å²) in [5.74, 6) is 0.302. The van der Waals surface area contributed by atoms with Gasteiger partial charge in [0.1, 0.15) is 11.5 Å². The Hall–Kier alpha value is -2.60. The van der Waals surface area contributed by atoms with Crippen molar-refractivity contribution in [1.29, 1.82) is 0 Å². The van der Waals surface area contributed by atoms with Crippen molar-refractivity contribution in [3.05, 3.63) is 57.3 Å². The first-order chi connectivity index (χ1) is 10.5. The van der Waals surface area contributed by atoms with Crippen molar-refractivity contribution in [3.8, 4) is 11.3 Å². The van der Waals surface area contributed by atoms with Gasteiger partial charge in [-0.3, -0.25) is 10.1 Å².